The smallest absolute Gasteiger partial charge is 0.330 e. The van der Waals surface area contributed by atoms with Gasteiger partial charge in [0.15, 0.2) is 0 Å². The molecule has 0 saturated heterocycles. The number of carbonyl (C=O) groups excluding carboxylic acids is 1. The van der Waals surface area contributed by atoms with Crippen molar-refractivity contribution in [1.82, 2.24) is 0 Å². The summed E-state index contributed by atoms with van der Waals surface area (Å²) in [7, 11) is 0. The van der Waals surface area contributed by atoms with E-state index in [4.69, 9.17) is 11.5 Å². The first-order valence-electron chi connectivity index (χ1n) is 2.82. The number of ether oxygens (including phenoxy) is 1. The normalized spacial score (nSPS) is 10.7. The Kier molecular flexibility index (Phi) is 3.05. The lowest BCUT2D eigenvalue weighted by Crippen LogP contribution is -2.50. The van der Waals surface area contributed by atoms with Gasteiger partial charge in [0.05, 0.1) is 5.66 Å². The van der Waals surface area contributed by atoms with Crippen LogP contribution in [0.25, 0.3) is 0 Å². The molecule has 0 saturated carbocycles. The van der Waals surface area contributed by atoms with Gasteiger partial charge in [0, 0.05) is 6.08 Å². The van der Waals surface area contributed by atoms with E-state index in [9.17, 15) is 4.79 Å². The van der Waals surface area contributed by atoms with Gasteiger partial charge in [-0.05, 0) is 6.92 Å². The summed E-state index contributed by atoms with van der Waals surface area (Å²) < 4.78 is 4.55. The van der Waals surface area contributed by atoms with E-state index in [1.165, 1.54) is 0 Å². The third-order valence-corrected chi connectivity index (χ3v) is 0.692. The summed E-state index contributed by atoms with van der Waals surface area (Å²) in [6.07, 6.45) is 1.06. The second-order valence-corrected chi connectivity index (χ2v) is 2.32. The fourth-order valence-corrected chi connectivity index (χ4v) is 0.286. The van der Waals surface area contributed by atoms with Gasteiger partial charge in [-0.2, -0.15) is 0 Å². The minimum Gasteiger partial charge on any atom is -0.459 e. The molecule has 0 aliphatic heterocycles. The summed E-state index contributed by atoms with van der Waals surface area (Å²) in [6.45, 7) is 4.76. The van der Waals surface area contributed by atoms with Gasteiger partial charge in [-0.15, -0.1) is 0 Å². The van der Waals surface area contributed by atoms with Crippen molar-refractivity contribution in [2.45, 2.75) is 12.6 Å². The molecule has 10 heavy (non-hydrogen) atoms. The summed E-state index contributed by atoms with van der Waals surface area (Å²) in [5.74, 6) is -0.512. The molecule has 0 fully saturated rings. The lowest BCUT2D eigenvalue weighted by molar-refractivity contribution is -0.139. The Bertz CT molecular complexity index is 137. The second kappa shape index (κ2) is 3.34. The van der Waals surface area contributed by atoms with E-state index in [0.717, 1.165) is 6.08 Å². The second-order valence-electron chi connectivity index (χ2n) is 2.32. The largest absolute Gasteiger partial charge is 0.459 e. The van der Waals surface area contributed by atoms with Crippen molar-refractivity contribution >= 4 is 5.97 Å². The Labute approximate surface area is 59.8 Å². The van der Waals surface area contributed by atoms with Crippen LogP contribution in [0, 0.1) is 0 Å². The average Bonchev–Trinajstić information content (AvgIpc) is 1.81. The number of nitrogens with two attached hydrogens (primary N) is 2. The standard InChI is InChI=1S/C6H12N2O2/c1-3-5(9)10-4-6(2,7)8/h3H,1,4,7-8H2,2H3. The van der Waals surface area contributed by atoms with Gasteiger partial charge < -0.3 is 16.2 Å². The summed E-state index contributed by atoms with van der Waals surface area (Å²) >= 11 is 0. The molecule has 0 atom stereocenters. The molecule has 4 heteroatoms. The van der Waals surface area contributed by atoms with Crippen LogP contribution in [-0.2, 0) is 9.53 Å². The number of hydrogen-bond donors (Lipinski definition) is 2. The van der Waals surface area contributed by atoms with Gasteiger partial charge in [-0.25, -0.2) is 4.79 Å². The molecule has 0 aliphatic rings. The molecule has 0 spiro atoms. The molecular weight excluding hydrogens is 132 g/mol. The van der Waals surface area contributed by atoms with Crippen molar-refractivity contribution in [2.75, 3.05) is 6.61 Å². The summed E-state index contributed by atoms with van der Waals surface area (Å²) in [4.78, 5) is 10.4. The minimum absolute atomic E-state index is 0.00213. The van der Waals surface area contributed by atoms with E-state index < -0.39 is 11.6 Å². The minimum atomic E-state index is -0.960. The third-order valence-electron chi connectivity index (χ3n) is 0.692. The van der Waals surface area contributed by atoms with Crippen LogP contribution in [0.5, 0.6) is 0 Å². The van der Waals surface area contributed by atoms with Gasteiger partial charge in [0.25, 0.3) is 0 Å². The van der Waals surface area contributed by atoms with Crippen molar-refractivity contribution in [1.29, 1.82) is 0 Å². The molecule has 0 rings (SSSR count). The van der Waals surface area contributed by atoms with E-state index in [1.807, 2.05) is 0 Å². The van der Waals surface area contributed by atoms with Crippen molar-refractivity contribution in [3.8, 4) is 0 Å². The summed E-state index contributed by atoms with van der Waals surface area (Å²) in [6, 6.07) is 0. The van der Waals surface area contributed by atoms with Crippen LogP contribution in [0.2, 0.25) is 0 Å². The van der Waals surface area contributed by atoms with Crippen molar-refractivity contribution in [2.24, 2.45) is 11.5 Å². The Hall–Kier alpha value is -0.870. The first kappa shape index (κ1) is 9.13. The van der Waals surface area contributed by atoms with E-state index in [2.05, 4.69) is 11.3 Å². The topological polar surface area (TPSA) is 78.3 Å². The quantitative estimate of drug-likeness (QED) is 0.313. The van der Waals surface area contributed by atoms with Crippen LogP contribution < -0.4 is 11.5 Å². The molecule has 0 unspecified atom stereocenters. The zero-order chi connectivity index (χ0) is 8.20. The molecule has 58 valence electrons. The molecule has 4 N–H and O–H groups in total. The highest BCUT2D eigenvalue weighted by atomic mass is 16.5. The maximum atomic E-state index is 10.4. The highest BCUT2D eigenvalue weighted by Gasteiger charge is 2.12. The van der Waals surface area contributed by atoms with Crippen LogP contribution in [0.4, 0.5) is 0 Å². The highest BCUT2D eigenvalue weighted by molar-refractivity contribution is 5.81. The van der Waals surface area contributed by atoms with Gasteiger partial charge in [-0.1, -0.05) is 6.58 Å². The van der Waals surface area contributed by atoms with Crippen LogP contribution in [0.3, 0.4) is 0 Å². The van der Waals surface area contributed by atoms with Crippen molar-refractivity contribution in [3.05, 3.63) is 12.7 Å². The van der Waals surface area contributed by atoms with Crippen LogP contribution in [0.15, 0.2) is 12.7 Å². The van der Waals surface area contributed by atoms with Gasteiger partial charge in [0.2, 0.25) is 0 Å². The van der Waals surface area contributed by atoms with Crippen molar-refractivity contribution < 1.29 is 9.53 Å². The van der Waals surface area contributed by atoms with Gasteiger partial charge in [-0.3, -0.25) is 0 Å². The maximum Gasteiger partial charge on any atom is 0.330 e. The van der Waals surface area contributed by atoms with E-state index in [0.29, 0.717) is 0 Å². The lowest BCUT2D eigenvalue weighted by atomic mass is 10.3. The third kappa shape index (κ3) is 5.27. The summed E-state index contributed by atoms with van der Waals surface area (Å²) in [5.41, 5.74) is 9.65. The van der Waals surface area contributed by atoms with Crippen LogP contribution in [-0.4, -0.2) is 18.2 Å². The van der Waals surface area contributed by atoms with Gasteiger partial charge in [0.1, 0.15) is 6.61 Å². The van der Waals surface area contributed by atoms with E-state index in [1.54, 1.807) is 6.92 Å². The monoisotopic (exact) mass is 144 g/mol. The molecular formula is C6H12N2O2. The predicted octanol–water partition coefficient (Wildman–Crippen LogP) is -0.651. The fraction of sp³-hybridized carbons (Fsp3) is 0.500. The Morgan fingerprint density at radius 3 is 2.60 bits per heavy atom. The number of hydrogen-bond acceptors (Lipinski definition) is 4. The number of rotatable bonds is 3. The zero-order valence-electron chi connectivity index (χ0n) is 5.96. The fourth-order valence-electron chi connectivity index (χ4n) is 0.286. The Balaban J connectivity index is 3.55. The molecule has 0 radical (unpaired) electrons. The maximum absolute atomic E-state index is 10.4. The SMILES string of the molecule is C=CC(=O)OCC(C)(N)N. The van der Waals surface area contributed by atoms with Gasteiger partial charge >= 0.3 is 5.97 Å². The zero-order valence-corrected chi connectivity index (χ0v) is 5.96. The molecule has 0 aromatic carbocycles. The van der Waals surface area contributed by atoms with Crippen molar-refractivity contribution in [3.63, 3.8) is 0 Å². The Morgan fingerprint density at radius 1 is 1.80 bits per heavy atom. The molecule has 4 nitrogen and oxygen atoms in total. The molecule has 0 bridgehead atoms. The molecule has 0 amide bonds. The number of carbonyl (C=O) groups is 1. The number of esters is 1. The van der Waals surface area contributed by atoms with E-state index in [-0.39, 0.29) is 6.61 Å². The summed E-state index contributed by atoms with van der Waals surface area (Å²) in [5, 5.41) is 0. The average molecular weight is 144 g/mol. The Morgan fingerprint density at radius 2 is 2.30 bits per heavy atom. The first-order chi connectivity index (χ1) is 4.45. The van der Waals surface area contributed by atoms with E-state index >= 15 is 0 Å². The lowest BCUT2D eigenvalue weighted by Gasteiger charge is -2.16. The molecule has 0 aliphatic carbocycles. The highest BCUT2D eigenvalue weighted by Crippen LogP contribution is 1.89. The van der Waals surface area contributed by atoms with Crippen LogP contribution in [0.1, 0.15) is 6.92 Å². The molecule has 0 heterocycles. The molecule has 0 aromatic heterocycles. The first-order valence-corrected chi connectivity index (χ1v) is 2.82. The molecule has 0 aromatic rings. The van der Waals surface area contributed by atoms with Crippen LogP contribution >= 0.6 is 0 Å². The predicted molar refractivity (Wildman–Crippen MR) is 37.9 cm³/mol.